The summed E-state index contributed by atoms with van der Waals surface area (Å²) in [6, 6.07) is 14.8. The summed E-state index contributed by atoms with van der Waals surface area (Å²) in [6.07, 6.45) is 1.85. The van der Waals surface area contributed by atoms with E-state index in [0.717, 1.165) is 5.69 Å². The zero-order valence-corrected chi connectivity index (χ0v) is 18.5. The van der Waals surface area contributed by atoms with Gasteiger partial charge in [-0.05, 0) is 37.3 Å². The zero-order chi connectivity index (χ0) is 21.7. The molecular formula is C23H23Cl2N3O2. The second-order valence-corrected chi connectivity index (χ2v) is 7.60. The molecular weight excluding hydrogens is 421 g/mol. The van der Waals surface area contributed by atoms with Crippen molar-refractivity contribution >= 4 is 34.7 Å². The summed E-state index contributed by atoms with van der Waals surface area (Å²) in [7, 11) is 1.75. The van der Waals surface area contributed by atoms with E-state index in [1.165, 1.54) is 0 Å². The summed E-state index contributed by atoms with van der Waals surface area (Å²) in [5.41, 5.74) is 2.41. The number of hydrogen-bond acceptors (Lipinski definition) is 4. The minimum Gasteiger partial charge on any atom is -0.475 e. The number of aryl methyl sites for hydroxylation is 2. The quantitative estimate of drug-likeness (QED) is 0.330. The molecule has 3 aromatic rings. The number of nitrogens with zero attached hydrogens (tertiary/aromatic N) is 3. The van der Waals surface area contributed by atoms with Crippen molar-refractivity contribution in [2.24, 2.45) is 7.05 Å². The standard InChI is InChI=1S/C23H23Cl2N3O2/c1-4-12-28(18-8-6-5-7-9-18)13-14-30-23-21(16(2)26-27(23)3)22(29)19-11-10-17(24)15-20(19)25/h4-11,15H,1,12-14H2,2-3H3. The lowest BCUT2D eigenvalue weighted by Gasteiger charge is -2.23. The SMILES string of the molecule is C=CCN(CCOc1c(C(=O)c2ccc(Cl)cc2Cl)c(C)nn1C)c1ccccc1. The molecule has 7 heteroatoms. The van der Waals surface area contributed by atoms with E-state index >= 15 is 0 Å². The fourth-order valence-electron chi connectivity index (χ4n) is 3.25. The van der Waals surface area contributed by atoms with Crippen molar-refractivity contribution < 1.29 is 9.53 Å². The van der Waals surface area contributed by atoms with Gasteiger partial charge in [0.25, 0.3) is 0 Å². The first kappa shape index (κ1) is 21.9. The van der Waals surface area contributed by atoms with Crippen LogP contribution in [0.4, 0.5) is 5.69 Å². The Labute approximate surface area is 186 Å². The second-order valence-electron chi connectivity index (χ2n) is 6.76. The van der Waals surface area contributed by atoms with Crippen LogP contribution in [-0.4, -0.2) is 35.3 Å². The molecule has 0 aliphatic rings. The Morgan fingerprint density at radius 3 is 2.63 bits per heavy atom. The van der Waals surface area contributed by atoms with Crippen LogP contribution in [-0.2, 0) is 7.05 Å². The average molecular weight is 444 g/mol. The van der Waals surface area contributed by atoms with Crippen molar-refractivity contribution in [3.63, 3.8) is 0 Å². The van der Waals surface area contributed by atoms with Crippen molar-refractivity contribution in [2.45, 2.75) is 6.92 Å². The molecule has 2 aromatic carbocycles. The number of para-hydroxylation sites is 1. The summed E-state index contributed by atoms with van der Waals surface area (Å²) in [5.74, 6) is 0.165. The van der Waals surface area contributed by atoms with E-state index in [1.807, 2.05) is 36.4 Å². The number of carbonyl (C=O) groups is 1. The van der Waals surface area contributed by atoms with Crippen LogP contribution in [0.3, 0.4) is 0 Å². The van der Waals surface area contributed by atoms with Crippen LogP contribution in [0.5, 0.6) is 5.88 Å². The molecule has 156 valence electrons. The van der Waals surface area contributed by atoms with Crippen LogP contribution in [0.1, 0.15) is 21.6 Å². The number of rotatable bonds is 9. The van der Waals surface area contributed by atoms with Crippen LogP contribution in [0.15, 0.2) is 61.2 Å². The summed E-state index contributed by atoms with van der Waals surface area (Å²) in [6.45, 7) is 7.28. The second kappa shape index (κ2) is 9.83. The molecule has 0 radical (unpaired) electrons. The molecule has 0 aliphatic heterocycles. The van der Waals surface area contributed by atoms with Crippen LogP contribution < -0.4 is 9.64 Å². The third kappa shape index (κ3) is 4.86. The number of ketones is 1. The van der Waals surface area contributed by atoms with Gasteiger partial charge in [-0.2, -0.15) is 5.10 Å². The number of hydrogen-bond donors (Lipinski definition) is 0. The topological polar surface area (TPSA) is 47.4 Å². The molecule has 0 aliphatic carbocycles. The maximum Gasteiger partial charge on any atom is 0.223 e. The maximum atomic E-state index is 13.2. The van der Waals surface area contributed by atoms with Crippen molar-refractivity contribution in [3.05, 3.63) is 88.1 Å². The number of benzene rings is 2. The van der Waals surface area contributed by atoms with E-state index in [9.17, 15) is 4.79 Å². The van der Waals surface area contributed by atoms with Gasteiger partial charge < -0.3 is 9.64 Å². The van der Waals surface area contributed by atoms with Gasteiger partial charge >= 0.3 is 0 Å². The van der Waals surface area contributed by atoms with Crippen molar-refractivity contribution in [3.8, 4) is 5.88 Å². The van der Waals surface area contributed by atoms with Gasteiger partial charge in [-0.15, -0.1) is 6.58 Å². The molecule has 3 rings (SSSR count). The number of halogens is 2. The summed E-state index contributed by atoms with van der Waals surface area (Å²) >= 11 is 12.2. The molecule has 0 amide bonds. The average Bonchev–Trinajstić information content (AvgIpc) is 3.00. The largest absolute Gasteiger partial charge is 0.475 e. The molecule has 5 nitrogen and oxygen atoms in total. The first-order chi connectivity index (χ1) is 14.4. The van der Waals surface area contributed by atoms with Crippen LogP contribution in [0.2, 0.25) is 10.0 Å². The predicted molar refractivity (Wildman–Crippen MR) is 122 cm³/mol. The van der Waals surface area contributed by atoms with Crippen LogP contribution in [0.25, 0.3) is 0 Å². The third-order valence-corrected chi connectivity index (χ3v) is 5.19. The van der Waals surface area contributed by atoms with E-state index in [0.29, 0.717) is 52.4 Å². The van der Waals surface area contributed by atoms with Gasteiger partial charge in [0.15, 0.2) is 0 Å². The highest BCUT2D eigenvalue weighted by molar-refractivity contribution is 6.37. The molecule has 0 bridgehead atoms. The third-order valence-electron chi connectivity index (χ3n) is 4.64. The maximum absolute atomic E-state index is 13.2. The Hall–Kier alpha value is -2.76. The van der Waals surface area contributed by atoms with Crippen LogP contribution >= 0.6 is 23.2 Å². The Bertz CT molecular complexity index is 1050. The zero-order valence-electron chi connectivity index (χ0n) is 16.9. The van der Waals surface area contributed by atoms with Gasteiger partial charge in [0.05, 0.1) is 17.3 Å². The number of carbonyl (C=O) groups excluding carboxylic acids is 1. The minimum atomic E-state index is -0.247. The molecule has 1 aromatic heterocycles. The highest BCUT2D eigenvalue weighted by atomic mass is 35.5. The lowest BCUT2D eigenvalue weighted by atomic mass is 10.0. The number of aromatic nitrogens is 2. The smallest absolute Gasteiger partial charge is 0.223 e. The van der Waals surface area contributed by atoms with E-state index in [4.69, 9.17) is 27.9 Å². The monoisotopic (exact) mass is 443 g/mol. The summed E-state index contributed by atoms with van der Waals surface area (Å²) < 4.78 is 7.60. The molecule has 0 spiro atoms. The van der Waals surface area contributed by atoms with Crippen molar-refractivity contribution in [1.29, 1.82) is 0 Å². The van der Waals surface area contributed by atoms with Gasteiger partial charge in [0, 0.05) is 29.9 Å². The molecule has 1 heterocycles. The fraction of sp³-hybridized carbons (Fsp3) is 0.217. The molecule has 30 heavy (non-hydrogen) atoms. The summed E-state index contributed by atoms with van der Waals surface area (Å²) in [5, 5.41) is 5.13. The first-order valence-corrected chi connectivity index (χ1v) is 10.2. The highest BCUT2D eigenvalue weighted by Gasteiger charge is 2.25. The van der Waals surface area contributed by atoms with Gasteiger partial charge in [-0.3, -0.25) is 4.79 Å². The molecule has 0 fully saturated rings. The number of anilines is 1. The number of ether oxygens (including phenoxy) is 1. The van der Waals surface area contributed by atoms with Crippen molar-refractivity contribution in [2.75, 3.05) is 24.6 Å². The van der Waals surface area contributed by atoms with E-state index in [1.54, 1.807) is 36.9 Å². The molecule has 0 atom stereocenters. The van der Waals surface area contributed by atoms with E-state index in [2.05, 4.69) is 16.6 Å². The van der Waals surface area contributed by atoms with Gasteiger partial charge in [0.1, 0.15) is 12.2 Å². The van der Waals surface area contributed by atoms with E-state index in [-0.39, 0.29) is 5.78 Å². The molecule has 0 saturated heterocycles. The Balaban J connectivity index is 1.80. The Morgan fingerprint density at radius 2 is 1.97 bits per heavy atom. The highest BCUT2D eigenvalue weighted by Crippen LogP contribution is 2.29. The Morgan fingerprint density at radius 1 is 1.23 bits per heavy atom. The molecule has 0 unspecified atom stereocenters. The van der Waals surface area contributed by atoms with Crippen LogP contribution in [0, 0.1) is 6.92 Å². The lowest BCUT2D eigenvalue weighted by molar-refractivity contribution is 0.103. The minimum absolute atomic E-state index is 0.247. The molecule has 0 saturated carbocycles. The normalized spacial score (nSPS) is 10.7. The summed E-state index contributed by atoms with van der Waals surface area (Å²) in [4.78, 5) is 15.3. The van der Waals surface area contributed by atoms with Gasteiger partial charge in [-0.25, -0.2) is 4.68 Å². The van der Waals surface area contributed by atoms with E-state index < -0.39 is 0 Å². The van der Waals surface area contributed by atoms with Crippen molar-refractivity contribution in [1.82, 2.24) is 9.78 Å². The fourth-order valence-corrected chi connectivity index (χ4v) is 3.74. The van der Waals surface area contributed by atoms with Gasteiger partial charge in [-0.1, -0.05) is 47.5 Å². The Kier molecular flexibility index (Phi) is 7.19. The first-order valence-electron chi connectivity index (χ1n) is 9.49. The van der Waals surface area contributed by atoms with Gasteiger partial charge in [0.2, 0.25) is 11.7 Å². The lowest BCUT2D eigenvalue weighted by Crippen LogP contribution is -2.28. The molecule has 0 N–H and O–H groups in total. The predicted octanol–water partition coefficient (Wildman–Crippen LogP) is 5.34.